The highest BCUT2D eigenvalue weighted by atomic mass is 32.2. The summed E-state index contributed by atoms with van der Waals surface area (Å²) in [5.41, 5.74) is 0.640. The van der Waals surface area contributed by atoms with Crippen LogP contribution in [0.15, 0.2) is 18.3 Å². The van der Waals surface area contributed by atoms with Gasteiger partial charge >= 0.3 is 0 Å². The van der Waals surface area contributed by atoms with Gasteiger partial charge in [0.1, 0.15) is 5.82 Å². The molecule has 0 spiro atoms. The van der Waals surface area contributed by atoms with Crippen LogP contribution >= 0.6 is 11.8 Å². The van der Waals surface area contributed by atoms with Gasteiger partial charge in [-0.05, 0) is 24.8 Å². The summed E-state index contributed by atoms with van der Waals surface area (Å²) in [6, 6.07) is 3.46. The zero-order chi connectivity index (χ0) is 12.7. The SMILES string of the molecule is CNc1cc(C(=O)NCCC(C)SC)ccn1. The summed E-state index contributed by atoms with van der Waals surface area (Å²) in [6.45, 7) is 2.86. The van der Waals surface area contributed by atoms with Crippen LogP contribution in [0.3, 0.4) is 0 Å². The predicted molar refractivity (Wildman–Crippen MR) is 73.7 cm³/mol. The number of thioether (sulfide) groups is 1. The zero-order valence-electron chi connectivity index (χ0n) is 10.5. The van der Waals surface area contributed by atoms with E-state index in [0.717, 1.165) is 6.42 Å². The van der Waals surface area contributed by atoms with E-state index in [1.807, 2.05) is 11.8 Å². The van der Waals surface area contributed by atoms with Crippen molar-refractivity contribution in [2.75, 3.05) is 25.2 Å². The van der Waals surface area contributed by atoms with Gasteiger partial charge in [0, 0.05) is 30.6 Å². The van der Waals surface area contributed by atoms with E-state index in [1.165, 1.54) is 0 Å². The molecule has 0 saturated heterocycles. The fourth-order valence-corrected chi connectivity index (χ4v) is 1.67. The average molecular weight is 253 g/mol. The van der Waals surface area contributed by atoms with Crippen molar-refractivity contribution >= 4 is 23.5 Å². The maximum atomic E-state index is 11.8. The van der Waals surface area contributed by atoms with Crippen LogP contribution in [-0.2, 0) is 0 Å². The van der Waals surface area contributed by atoms with E-state index in [9.17, 15) is 4.79 Å². The second-order valence-corrected chi connectivity index (χ2v) is 5.05. The number of pyridine rings is 1. The van der Waals surface area contributed by atoms with E-state index in [4.69, 9.17) is 0 Å². The summed E-state index contributed by atoms with van der Waals surface area (Å²) < 4.78 is 0. The third kappa shape index (κ3) is 4.65. The second-order valence-electron chi connectivity index (χ2n) is 3.77. The molecule has 0 bridgehead atoms. The molecule has 94 valence electrons. The molecule has 0 aliphatic carbocycles. The Bertz CT molecular complexity index is 371. The average Bonchev–Trinajstić information content (AvgIpc) is 2.38. The molecule has 0 radical (unpaired) electrons. The minimum Gasteiger partial charge on any atom is -0.373 e. The Morgan fingerprint density at radius 2 is 2.35 bits per heavy atom. The fourth-order valence-electron chi connectivity index (χ4n) is 1.32. The molecule has 1 rings (SSSR count). The number of aromatic nitrogens is 1. The minimum absolute atomic E-state index is 0.0443. The Morgan fingerprint density at radius 1 is 1.59 bits per heavy atom. The van der Waals surface area contributed by atoms with Crippen LogP contribution in [0, 0.1) is 0 Å². The van der Waals surface area contributed by atoms with Crippen LogP contribution in [0.4, 0.5) is 5.82 Å². The quantitative estimate of drug-likeness (QED) is 0.814. The monoisotopic (exact) mass is 253 g/mol. The van der Waals surface area contributed by atoms with Crippen molar-refractivity contribution in [2.45, 2.75) is 18.6 Å². The van der Waals surface area contributed by atoms with E-state index >= 15 is 0 Å². The Kier molecular flexibility index (Phi) is 5.83. The predicted octanol–water partition coefficient (Wildman–Crippen LogP) is 1.99. The van der Waals surface area contributed by atoms with Crippen molar-refractivity contribution in [3.05, 3.63) is 23.9 Å². The number of rotatable bonds is 6. The molecule has 1 heterocycles. The lowest BCUT2D eigenvalue weighted by molar-refractivity contribution is 0.0953. The largest absolute Gasteiger partial charge is 0.373 e. The highest BCUT2D eigenvalue weighted by molar-refractivity contribution is 7.99. The van der Waals surface area contributed by atoms with Gasteiger partial charge in [-0.1, -0.05) is 6.92 Å². The topological polar surface area (TPSA) is 54.0 Å². The summed E-state index contributed by atoms with van der Waals surface area (Å²) in [7, 11) is 1.78. The third-order valence-electron chi connectivity index (χ3n) is 2.52. The smallest absolute Gasteiger partial charge is 0.251 e. The summed E-state index contributed by atoms with van der Waals surface area (Å²) in [5, 5.41) is 6.39. The van der Waals surface area contributed by atoms with E-state index in [-0.39, 0.29) is 5.91 Å². The molecule has 1 amide bonds. The molecule has 0 aromatic carbocycles. The number of amides is 1. The molecule has 0 fully saturated rings. The minimum atomic E-state index is -0.0443. The summed E-state index contributed by atoms with van der Waals surface area (Å²) in [4.78, 5) is 15.9. The van der Waals surface area contributed by atoms with Crippen molar-refractivity contribution in [1.29, 1.82) is 0 Å². The highest BCUT2D eigenvalue weighted by Crippen LogP contribution is 2.09. The van der Waals surface area contributed by atoms with Crippen LogP contribution < -0.4 is 10.6 Å². The van der Waals surface area contributed by atoms with Gasteiger partial charge in [0.25, 0.3) is 5.91 Å². The first-order chi connectivity index (χ1) is 8.17. The van der Waals surface area contributed by atoms with E-state index in [1.54, 1.807) is 25.4 Å². The van der Waals surface area contributed by atoms with Gasteiger partial charge in [-0.25, -0.2) is 4.98 Å². The summed E-state index contributed by atoms with van der Waals surface area (Å²) in [5.74, 6) is 0.660. The van der Waals surface area contributed by atoms with Crippen LogP contribution in [-0.4, -0.2) is 36.0 Å². The Balaban J connectivity index is 2.46. The van der Waals surface area contributed by atoms with Gasteiger partial charge in [-0.3, -0.25) is 4.79 Å². The molecular weight excluding hydrogens is 234 g/mol. The number of carbonyl (C=O) groups excluding carboxylic acids is 1. The molecule has 1 atom stereocenters. The van der Waals surface area contributed by atoms with Crippen LogP contribution in [0.25, 0.3) is 0 Å². The fraction of sp³-hybridized carbons (Fsp3) is 0.500. The Hall–Kier alpha value is -1.23. The van der Waals surface area contributed by atoms with Crippen LogP contribution in [0.5, 0.6) is 0 Å². The maximum absolute atomic E-state index is 11.8. The summed E-state index contributed by atoms with van der Waals surface area (Å²) in [6.07, 6.45) is 4.69. The van der Waals surface area contributed by atoms with Gasteiger partial charge in [0.2, 0.25) is 0 Å². The van der Waals surface area contributed by atoms with Crippen molar-refractivity contribution in [3.8, 4) is 0 Å². The normalized spacial score (nSPS) is 11.9. The number of anilines is 1. The molecule has 5 heteroatoms. The van der Waals surface area contributed by atoms with Gasteiger partial charge in [-0.15, -0.1) is 0 Å². The first kappa shape index (κ1) is 13.8. The third-order valence-corrected chi connectivity index (χ3v) is 3.56. The highest BCUT2D eigenvalue weighted by Gasteiger charge is 2.06. The number of hydrogen-bond acceptors (Lipinski definition) is 4. The standard InChI is InChI=1S/C12H19N3OS/c1-9(17-3)4-6-15-12(16)10-5-7-14-11(8-10)13-2/h5,7-9H,4,6H2,1-3H3,(H,13,14)(H,15,16). The molecule has 4 nitrogen and oxygen atoms in total. The molecule has 0 saturated carbocycles. The number of carbonyl (C=O) groups is 1. The van der Waals surface area contributed by atoms with Crippen molar-refractivity contribution in [3.63, 3.8) is 0 Å². The van der Waals surface area contributed by atoms with Crippen molar-refractivity contribution in [1.82, 2.24) is 10.3 Å². The van der Waals surface area contributed by atoms with Gasteiger partial charge in [0.05, 0.1) is 0 Å². The molecule has 1 unspecified atom stereocenters. The lowest BCUT2D eigenvalue weighted by Gasteiger charge is -2.09. The molecule has 2 N–H and O–H groups in total. The van der Waals surface area contributed by atoms with Gasteiger partial charge in [0.15, 0.2) is 0 Å². The number of nitrogens with zero attached hydrogens (tertiary/aromatic N) is 1. The first-order valence-electron chi connectivity index (χ1n) is 5.62. The van der Waals surface area contributed by atoms with E-state index in [2.05, 4.69) is 28.8 Å². The zero-order valence-corrected chi connectivity index (χ0v) is 11.3. The number of nitrogens with one attached hydrogen (secondary N) is 2. The van der Waals surface area contributed by atoms with E-state index in [0.29, 0.717) is 23.2 Å². The molecule has 17 heavy (non-hydrogen) atoms. The lowest BCUT2D eigenvalue weighted by Crippen LogP contribution is -2.26. The maximum Gasteiger partial charge on any atom is 0.251 e. The Labute approximate surface area is 107 Å². The van der Waals surface area contributed by atoms with Gasteiger partial charge < -0.3 is 10.6 Å². The Morgan fingerprint density at radius 3 is 3.00 bits per heavy atom. The molecule has 0 aliphatic heterocycles. The number of hydrogen-bond donors (Lipinski definition) is 2. The van der Waals surface area contributed by atoms with Crippen LogP contribution in [0.1, 0.15) is 23.7 Å². The van der Waals surface area contributed by atoms with Crippen LogP contribution in [0.2, 0.25) is 0 Å². The van der Waals surface area contributed by atoms with Gasteiger partial charge in [-0.2, -0.15) is 11.8 Å². The second kappa shape index (κ2) is 7.17. The van der Waals surface area contributed by atoms with Crippen molar-refractivity contribution < 1.29 is 4.79 Å². The molecule has 1 aromatic rings. The van der Waals surface area contributed by atoms with Crippen molar-refractivity contribution in [2.24, 2.45) is 0 Å². The molecule has 1 aromatic heterocycles. The first-order valence-corrected chi connectivity index (χ1v) is 6.91. The molecular formula is C12H19N3OS. The van der Waals surface area contributed by atoms with E-state index < -0.39 is 0 Å². The molecule has 0 aliphatic rings. The lowest BCUT2D eigenvalue weighted by atomic mass is 10.2. The summed E-state index contributed by atoms with van der Waals surface area (Å²) >= 11 is 1.81.